The molecule has 0 atom stereocenters. The molecule has 1 rings (SSSR count). The molecule has 1 amide bonds. The van der Waals surface area contributed by atoms with Gasteiger partial charge in [-0.25, -0.2) is 8.42 Å². The van der Waals surface area contributed by atoms with Crippen molar-refractivity contribution in [3.05, 3.63) is 23.2 Å². The predicted molar refractivity (Wildman–Crippen MR) is 75.8 cm³/mol. The number of anilines is 1. The van der Waals surface area contributed by atoms with Gasteiger partial charge in [0.25, 0.3) is 0 Å². The molecule has 1 aromatic rings. The molecule has 0 fully saturated rings. The fraction of sp³-hybridized carbons (Fsp3) is 0.417. The SMILES string of the molecule is CC(C)(C)NC(=O)CS(=O)(=O)c1ccc(N)c(Cl)c1. The first kappa shape index (κ1) is 15.8. The number of sulfone groups is 1. The highest BCUT2D eigenvalue weighted by atomic mass is 35.5. The van der Waals surface area contributed by atoms with Crippen LogP contribution < -0.4 is 11.1 Å². The van der Waals surface area contributed by atoms with Crippen LogP contribution in [0.4, 0.5) is 5.69 Å². The first-order chi connectivity index (χ1) is 8.51. The zero-order chi connectivity index (χ0) is 14.8. The zero-order valence-corrected chi connectivity index (χ0v) is 12.6. The minimum atomic E-state index is -3.72. The van der Waals surface area contributed by atoms with Crippen molar-refractivity contribution >= 4 is 33.0 Å². The second-order valence-corrected chi connectivity index (χ2v) is 7.64. The predicted octanol–water partition coefficient (Wildman–Crippen LogP) is 1.61. The number of hydrogen-bond acceptors (Lipinski definition) is 4. The van der Waals surface area contributed by atoms with Crippen LogP contribution >= 0.6 is 11.6 Å². The van der Waals surface area contributed by atoms with Crippen LogP contribution in [0.15, 0.2) is 23.1 Å². The molecule has 19 heavy (non-hydrogen) atoms. The Morgan fingerprint density at radius 1 is 1.37 bits per heavy atom. The van der Waals surface area contributed by atoms with Crippen LogP contribution in [-0.2, 0) is 14.6 Å². The number of hydrogen-bond donors (Lipinski definition) is 2. The van der Waals surface area contributed by atoms with Crippen LogP contribution in [-0.4, -0.2) is 25.6 Å². The molecule has 0 aliphatic rings. The van der Waals surface area contributed by atoms with Crippen molar-refractivity contribution in [3.8, 4) is 0 Å². The molecule has 0 spiro atoms. The monoisotopic (exact) mass is 304 g/mol. The molecule has 106 valence electrons. The molecule has 0 aliphatic carbocycles. The van der Waals surface area contributed by atoms with E-state index in [1.807, 2.05) is 0 Å². The lowest BCUT2D eigenvalue weighted by Crippen LogP contribution is -2.43. The molecule has 5 nitrogen and oxygen atoms in total. The summed E-state index contributed by atoms with van der Waals surface area (Å²) in [5, 5.41) is 2.75. The minimum absolute atomic E-state index is 0.0178. The fourth-order valence-electron chi connectivity index (χ4n) is 1.41. The van der Waals surface area contributed by atoms with Crippen molar-refractivity contribution in [2.45, 2.75) is 31.2 Å². The van der Waals surface area contributed by atoms with Gasteiger partial charge in [-0.1, -0.05) is 11.6 Å². The normalized spacial score (nSPS) is 12.2. The highest BCUT2D eigenvalue weighted by Crippen LogP contribution is 2.23. The van der Waals surface area contributed by atoms with E-state index in [9.17, 15) is 13.2 Å². The van der Waals surface area contributed by atoms with Crippen LogP contribution in [0.5, 0.6) is 0 Å². The Bertz CT molecular complexity index is 591. The smallest absolute Gasteiger partial charge is 0.235 e. The molecule has 0 heterocycles. The van der Waals surface area contributed by atoms with Gasteiger partial charge in [0.2, 0.25) is 5.91 Å². The van der Waals surface area contributed by atoms with Crippen LogP contribution in [0.3, 0.4) is 0 Å². The van der Waals surface area contributed by atoms with Gasteiger partial charge in [-0.15, -0.1) is 0 Å². The number of amides is 1. The van der Waals surface area contributed by atoms with Crippen molar-refractivity contribution in [2.24, 2.45) is 0 Å². The molecule has 0 saturated carbocycles. The third-order valence-corrected chi connectivity index (χ3v) is 4.11. The van der Waals surface area contributed by atoms with E-state index in [-0.39, 0.29) is 9.92 Å². The average molecular weight is 305 g/mol. The summed E-state index contributed by atoms with van der Waals surface area (Å²) < 4.78 is 24.1. The van der Waals surface area contributed by atoms with Gasteiger partial charge in [-0.2, -0.15) is 0 Å². The molecule has 3 N–H and O–H groups in total. The number of nitrogens with two attached hydrogens (primary N) is 1. The van der Waals surface area contributed by atoms with E-state index in [4.69, 9.17) is 17.3 Å². The Morgan fingerprint density at radius 2 is 1.95 bits per heavy atom. The van der Waals surface area contributed by atoms with Gasteiger partial charge in [0.05, 0.1) is 15.6 Å². The first-order valence-electron chi connectivity index (χ1n) is 5.60. The Balaban J connectivity index is 2.93. The minimum Gasteiger partial charge on any atom is -0.398 e. The van der Waals surface area contributed by atoms with Gasteiger partial charge in [0.1, 0.15) is 5.75 Å². The Hall–Kier alpha value is -1.27. The molecular formula is C12H17ClN2O3S. The molecule has 0 saturated heterocycles. The average Bonchev–Trinajstić information content (AvgIpc) is 2.17. The van der Waals surface area contributed by atoms with Crippen molar-refractivity contribution in [1.29, 1.82) is 0 Å². The number of halogens is 1. The summed E-state index contributed by atoms with van der Waals surface area (Å²) in [6.45, 7) is 5.33. The van der Waals surface area contributed by atoms with Crippen LogP contribution in [0, 0.1) is 0 Å². The Morgan fingerprint density at radius 3 is 2.42 bits per heavy atom. The summed E-state index contributed by atoms with van der Waals surface area (Å²) in [7, 11) is -3.72. The van der Waals surface area contributed by atoms with Crippen LogP contribution in [0.1, 0.15) is 20.8 Å². The Labute approximate surface area is 118 Å². The molecule has 0 radical (unpaired) electrons. The maximum Gasteiger partial charge on any atom is 0.235 e. The van der Waals surface area contributed by atoms with Gasteiger partial charge in [0, 0.05) is 5.54 Å². The zero-order valence-electron chi connectivity index (χ0n) is 11.0. The van der Waals surface area contributed by atoms with Gasteiger partial charge < -0.3 is 11.1 Å². The number of nitrogens with one attached hydrogen (secondary N) is 1. The molecule has 1 aromatic carbocycles. The third kappa shape index (κ3) is 4.72. The number of carbonyl (C=O) groups is 1. The van der Waals surface area contributed by atoms with Crippen LogP contribution in [0.25, 0.3) is 0 Å². The van der Waals surface area contributed by atoms with Gasteiger partial charge >= 0.3 is 0 Å². The number of carbonyl (C=O) groups excluding carboxylic acids is 1. The molecular weight excluding hydrogens is 288 g/mol. The van der Waals surface area contributed by atoms with E-state index in [1.54, 1.807) is 20.8 Å². The van der Waals surface area contributed by atoms with E-state index >= 15 is 0 Å². The van der Waals surface area contributed by atoms with Crippen LogP contribution in [0.2, 0.25) is 5.02 Å². The summed E-state index contributed by atoms with van der Waals surface area (Å²) in [5.74, 6) is -1.18. The fourth-order valence-corrected chi connectivity index (χ4v) is 2.81. The first-order valence-corrected chi connectivity index (χ1v) is 7.63. The van der Waals surface area contributed by atoms with E-state index in [0.29, 0.717) is 5.69 Å². The summed E-state index contributed by atoms with van der Waals surface area (Å²) in [6, 6.07) is 3.98. The van der Waals surface area contributed by atoms with Crippen molar-refractivity contribution in [1.82, 2.24) is 5.32 Å². The van der Waals surface area contributed by atoms with E-state index in [2.05, 4.69) is 5.32 Å². The molecule has 0 aliphatic heterocycles. The molecule has 7 heteroatoms. The number of nitrogen functional groups attached to an aromatic ring is 1. The number of benzene rings is 1. The molecule has 0 bridgehead atoms. The van der Waals surface area contributed by atoms with E-state index in [1.165, 1.54) is 18.2 Å². The van der Waals surface area contributed by atoms with Crippen molar-refractivity contribution in [2.75, 3.05) is 11.5 Å². The summed E-state index contributed by atoms with van der Waals surface area (Å²) in [5.41, 5.74) is 5.32. The topological polar surface area (TPSA) is 89.3 Å². The second-order valence-electron chi connectivity index (χ2n) is 5.24. The Kier molecular flexibility index (Phi) is 4.47. The highest BCUT2D eigenvalue weighted by Gasteiger charge is 2.22. The lowest BCUT2D eigenvalue weighted by atomic mass is 10.1. The second kappa shape index (κ2) is 5.38. The largest absolute Gasteiger partial charge is 0.398 e. The van der Waals surface area contributed by atoms with Crippen molar-refractivity contribution in [3.63, 3.8) is 0 Å². The lowest BCUT2D eigenvalue weighted by Gasteiger charge is -2.20. The molecule has 0 aromatic heterocycles. The van der Waals surface area contributed by atoms with Gasteiger partial charge in [0.15, 0.2) is 9.84 Å². The van der Waals surface area contributed by atoms with E-state index < -0.39 is 27.0 Å². The summed E-state index contributed by atoms with van der Waals surface area (Å²) >= 11 is 5.77. The summed E-state index contributed by atoms with van der Waals surface area (Å²) in [4.78, 5) is 11.6. The van der Waals surface area contributed by atoms with Gasteiger partial charge in [-0.3, -0.25) is 4.79 Å². The highest BCUT2D eigenvalue weighted by molar-refractivity contribution is 7.92. The standard InChI is InChI=1S/C12H17ClN2O3S/c1-12(2,3)15-11(16)7-19(17,18)8-4-5-10(14)9(13)6-8/h4-6H,7,14H2,1-3H3,(H,15,16). The van der Waals surface area contributed by atoms with Crippen molar-refractivity contribution < 1.29 is 13.2 Å². The number of rotatable bonds is 3. The maximum atomic E-state index is 12.0. The quantitative estimate of drug-likeness (QED) is 0.830. The lowest BCUT2D eigenvalue weighted by molar-refractivity contribution is -0.120. The molecule has 0 unspecified atom stereocenters. The maximum absolute atomic E-state index is 12.0. The van der Waals surface area contributed by atoms with Gasteiger partial charge in [-0.05, 0) is 39.0 Å². The summed E-state index contributed by atoms with van der Waals surface area (Å²) in [6.07, 6.45) is 0. The van der Waals surface area contributed by atoms with E-state index in [0.717, 1.165) is 0 Å². The third-order valence-electron chi connectivity index (χ3n) is 2.17.